The smallest absolute Gasteiger partial charge is 0.248 e. The van der Waals surface area contributed by atoms with E-state index >= 15 is 0 Å². The van der Waals surface area contributed by atoms with Gasteiger partial charge in [-0.2, -0.15) is 0 Å². The first-order valence-corrected chi connectivity index (χ1v) is 5.60. The molecule has 0 aliphatic heterocycles. The normalized spacial score (nSPS) is 12.0. The summed E-state index contributed by atoms with van der Waals surface area (Å²) in [5.41, 5.74) is 1.40. The van der Waals surface area contributed by atoms with Crippen molar-refractivity contribution < 1.29 is 0 Å². The molecule has 0 unspecified atom stereocenters. The molecule has 86 valence electrons. The number of nitrogens with zero attached hydrogens (tertiary/aromatic N) is 2. The van der Waals surface area contributed by atoms with Gasteiger partial charge in [-0.05, 0) is 24.0 Å². The predicted molar refractivity (Wildman–Crippen MR) is 70.6 cm³/mol. The quantitative estimate of drug-likeness (QED) is 0.643. The van der Waals surface area contributed by atoms with E-state index in [1.54, 1.807) is 6.92 Å². The topological polar surface area (TPSA) is 34.9 Å². The monoisotopic (exact) mass is 226 g/mol. The number of hydrogen-bond donors (Lipinski definition) is 0. The minimum atomic E-state index is -0.182. The van der Waals surface area contributed by atoms with Crippen LogP contribution in [0.15, 0.2) is 23.0 Å². The molecule has 0 amide bonds. The van der Waals surface area contributed by atoms with Gasteiger partial charge >= 0.3 is 0 Å². The Morgan fingerprint density at radius 1 is 1.29 bits per heavy atom. The van der Waals surface area contributed by atoms with Gasteiger partial charge in [-0.1, -0.05) is 32.9 Å². The molecule has 0 aliphatic carbocycles. The highest BCUT2D eigenvalue weighted by molar-refractivity contribution is 6.07. The maximum absolute atomic E-state index is 12.2. The molecule has 0 aliphatic rings. The lowest BCUT2D eigenvalue weighted by Crippen LogP contribution is -2.25. The molecule has 17 heavy (non-hydrogen) atoms. The highest BCUT2D eigenvalue weighted by Crippen LogP contribution is 2.27. The second-order valence-corrected chi connectivity index (χ2v) is 5.28. The summed E-state index contributed by atoms with van der Waals surface area (Å²) < 4.78 is 1.11. The molecule has 1 aromatic carbocycles. The molecule has 3 nitrogen and oxygen atoms in total. The second-order valence-electron chi connectivity index (χ2n) is 5.28. The zero-order chi connectivity index (χ0) is 12.8. The summed E-state index contributed by atoms with van der Waals surface area (Å²) in [6.07, 6.45) is 0. The predicted octanol–water partition coefficient (Wildman–Crippen LogP) is 1.93. The summed E-state index contributed by atoms with van der Waals surface area (Å²) in [7, 11) is 5.70. The van der Waals surface area contributed by atoms with Gasteiger partial charge < -0.3 is 4.48 Å². The van der Waals surface area contributed by atoms with Gasteiger partial charge in [0, 0.05) is 0 Å². The van der Waals surface area contributed by atoms with E-state index < -0.39 is 0 Å². The standard InChI is InChI=1S/C13H15BN2O/c1-8-15-10-7-5-6-9(13(2,3)4)11(10)12(17)16(8)14/h5-7H,1-4H3. The third-order valence-corrected chi connectivity index (χ3v) is 2.91. The molecule has 0 saturated carbocycles. The number of aromatic nitrogens is 2. The van der Waals surface area contributed by atoms with Gasteiger partial charge in [0.15, 0.2) is 0 Å². The van der Waals surface area contributed by atoms with Gasteiger partial charge in [-0.25, -0.2) is 4.98 Å². The lowest BCUT2D eigenvalue weighted by Gasteiger charge is -2.21. The molecule has 0 bridgehead atoms. The summed E-state index contributed by atoms with van der Waals surface area (Å²) >= 11 is 0. The first-order valence-electron chi connectivity index (χ1n) is 5.60. The van der Waals surface area contributed by atoms with Crippen molar-refractivity contribution in [2.24, 2.45) is 0 Å². The van der Waals surface area contributed by atoms with Crippen molar-refractivity contribution in [2.75, 3.05) is 0 Å². The van der Waals surface area contributed by atoms with Crippen molar-refractivity contribution in [3.8, 4) is 0 Å². The summed E-state index contributed by atoms with van der Waals surface area (Å²) in [5.74, 6) is 0.522. The Labute approximate surface area is 102 Å². The van der Waals surface area contributed by atoms with Crippen LogP contribution >= 0.6 is 0 Å². The Balaban J connectivity index is 3.00. The molecule has 2 aromatic rings. The number of fused-ring (bicyclic) bond motifs is 1. The molecule has 1 heterocycles. The highest BCUT2D eigenvalue weighted by Gasteiger charge is 2.19. The van der Waals surface area contributed by atoms with E-state index in [-0.39, 0.29) is 11.0 Å². The summed E-state index contributed by atoms with van der Waals surface area (Å²) in [6.45, 7) is 7.94. The lowest BCUT2D eigenvalue weighted by molar-refractivity contribution is 0.595. The molecule has 0 spiro atoms. The maximum atomic E-state index is 12.2. The van der Waals surface area contributed by atoms with Crippen molar-refractivity contribution in [3.63, 3.8) is 0 Å². The molecule has 4 heteroatoms. The fraction of sp³-hybridized carbons (Fsp3) is 0.385. The van der Waals surface area contributed by atoms with Crippen LogP contribution < -0.4 is 5.56 Å². The Bertz CT molecular complexity index is 638. The van der Waals surface area contributed by atoms with Crippen LogP contribution in [0.25, 0.3) is 10.9 Å². The average Bonchev–Trinajstić information content (AvgIpc) is 2.24. The number of benzene rings is 1. The van der Waals surface area contributed by atoms with Gasteiger partial charge in [0.05, 0.1) is 16.7 Å². The SMILES string of the molecule is [B]n1c(C)nc2cccc(C(C)(C)C)c2c1=O. The maximum Gasteiger partial charge on any atom is 0.248 e. The van der Waals surface area contributed by atoms with E-state index in [0.29, 0.717) is 16.7 Å². The van der Waals surface area contributed by atoms with Crippen LogP contribution in [0.5, 0.6) is 0 Å². The molecule has 0 saturated heterocycles. The Hall–Kier alpha value is -1.58. The van der Waals surface area contributed by atoms with E-state index in [1.807, 2.05) is 18.2 Å². The van der Waals surface area contributed by atoms with Crippen LogP contribution in [0, 0.1) is 6.92 Å². The Kier molecular flexibility index (Phi) is 2.61. The largest absolute Gasteiger partial charge is 0.354 e. The van der Waals surface area contributed by atoms with Gasteiger partial charge in [-0.3, -0.25) is 4.79 Å². The zero-order valence-electron chi connectivity index (χ0n) is 10.6. The fourth-order valence-corrected chi connectivity index (χ4v) is 1.98. The van der Waals surface area contributed by atoms with Crippen LogP contribution in [-0.2, 0) is 5.41 Å². The molecule has 1 aromatic heterocycles. The van der Waals surface area contributed by atoms with Crippen LogP contribution in [-0.4, -0.2) is 17.4 Å². The Morgan fingerprint density at radius 3 is 2.53 bits per heavy atom. The highest BCUT2D eigenvalue weighted by atomic mass is 16.1. The van der Waals surface area contributed by atoms with Gasteiger partial charge in [-0.15, -0.1) is 0 Å². The molecule has 0 N–H and O–H groups in total. The van der Waals surface area contributed by atoms with E-state index in [4.69, 9.17) is 7.98 Å². The van der Waals surface area contributed by atoms with Crippen molar-refractivity contribution >= 4 is 18.9 Å². The molecule has 2 rings (SSSR count). The summed E-state index contributed by atoms with van der Waals surface area (Å²) in [4.78, 5) is 16.6. The minimum absolute atomic E-state index is 0.109. The molecule has 0 atom stereocenters. The number of rotatable bonds is 0. The second kappa shape index (κ2) is 3.72. The summed E-state index contributed by atoms with van der Waals surface area (Å²) in [5, 5.41) is 0.619. The van der Waals surface area contributed by atoms with E-state index in [0.717, 1.165) is 10.0 Å². The van der Waals surface area contributed by atoms with Crippen LogP contribution in [0.2, 0.25) is 0 Å². The number of hydrogen-bond acceptors (Lipinski definition) is 2. The van der Waals surface area contributed by atoms with E-state index in [2.05, 4.69) is 25.8 Å². The van der Waals surface area contributed by atoms with Gasteiger partial charge in [0.1, 0.15) is 0 Å². The zero-order valence-corrected chi connectivity index (χ0v) is 10.6. The molecular formula is C13H15BN2O. The van der Waals surface area contributed by atoms with Gasteiger partial charge in [0.2, 0.25) is 13.5 Å². The fourth-order valence-electron chi connectivity index (χ4n) is 1.98. The van der Waals surface area contributed by atoms with E-state index in [1.165, 1.54) is 0 Å². The lowest BCUT2D eigenvalue weighted by atomic mass is 9.85. The van der Waals surface area contributed by atoms with Crippen LogP contribution in [0.1, 0.15) is 32.2 Å². The third kappa shape index (κ3) is 1.88. The minimum Gasteiger partial charge on any atom is -0.354 e. The third-order valence-electron chi connectivity index (χ3n) is 2.91. The van der Waals surface area contributed by atoms with Gasteiger partial charge in [0.25, 0.3) is 0 Å². The first kappa shape index (κ1) is 11.9. The average molecular weight is 226 g/mol. The van der Waals surface area contributed by atoms with Crippen molar-refractivity contribution in [2.45, 2.75) is 33.1 Å². The van der Waals surface area contributed by atoms with Crippen molar-refractivity contribution in [1.82, 2.24) is 9.46 Å². The summed E-state index contributed by atoms with van der Waals surface area (Å²) in [6, 6.07) is 5.73. The van der Waals surface area contributed by atoms with Crippen LogP contribution in [0.3, 0.4) is 0 Å². The first-order chi connectivity index (χ1) is 7.82. The van der Waals surface area contributed by atoms with Crippen LogP contribution in [0.4, 0.5) is 0 Å². The molecule has 0 fully saturated rings. The van der Waals surface area contributed by atoms with E-state index in [9.17, 15) is 4.79 Å². The Morgan fingerprint density at radius 2 is 1.94 bits per heavy atom. The molecule has 2 radical (unpaired) electrons. The van der Waals surface area contributed by atoms with Crippen molar-refractivity contribution in [3.05, 3.63) is 39.9 Å². The van der Waals surface area contributed by atoms with Crippen molar-refractivity contribution in [1.29, 1.82) is 0 Å². The number of aryl methyl sites for hydroxylation is 1. The molecular weight excluding hydrogens is 211 g/mol.